The van der Waals surface area contributed by atoms with Crippen molar-refractivity contribution in [2.75, 3.05) is 12.8 Å². The van der Waals surface area contributed by atoms with Gasteiger partial charge in [-0.05, 0) is 0 Å². The van der Waals surface area contributed by atoms with Gasteiger partial charge in [-0.15, -0.1) is 0 Å². The van der Waals surface area contributed by atoms with E-state index >= 15 is 0 Å². The van der Waals surface area contributed by atoms with Crippen LogP contribution in [0.3, 0.4) is 0 Å². The Morgan fingerprint density at radius 2 is 2.15 bits per heavy atom. The molecular weight excluding hydrogens is 185 g/mol. The SMILES string of the molecule is COc1cc(C(F)F)c(N)c(F)n1. The van der Waals surface area contributed by atoms with Gasteiger partial charge < -0.3 is 10.5 Å². The van der Waals surface area contributed by atoms with E-state index in [0.717, 1.165) is 6.07 Å². The van der Waals surface area contributed by atoms with Gasteiger partial charge in [0, 0.05) is 6.07 Å². The Hall–Kier alpha value is -1.46. The van der Waals surface area contributed by atoms with Crippen LogP contribution in [0.4, 0.5) is 18.9 Å². The van der Waals surface area contributed by atoms with Crippen molar-refractivity contribution in [2.45, 2.75) is 6.43 Å². The molecule has 0 aliphatic heterocycles. The molecule has 0 aliphatic carbocycles. The number of hydrogen-bond donors (Lipinski definition) is 1. The second-order valence-corrected chi connectivity index (χ2v) is 2.26. The molecule has 0 amide bonds. The van der Waals surface area contributed by atoms with Gasteiger partial charge in [0.1, 0.15) is 0 Å². The molecule has 0 spiro atoms. The van der Waals surface area contributed by atoms with Crippen LogP contribution in [0, 0.1) is 5.95 Å². The number of rotatable bonds is 2. The largest absolute Gasteiger partial charge is 0.481 e. The molecular formula is C7H7F3N2O. The maximum atomic E-state index is 12.7. The number of anilines is 1. The lowest BCUT2D eigenvalue weighted by Gasteiger charge is -2.06. The maximum Gasteiger partial charge on any atom is 0.266 e. The first-order valence-corrected chi connectivity index (χ1v) is 3.34. The lowest BCUT2D eigenvalue weighted by molar-refractivity contribution is 0.151. The fourth-order valence-corrected chi connectivity index (χ4v) is 0.804. The summed E-state index contributed by atoms with van der Waals surface area (Å²) < 4.78 is 41.6. The molecule has 1 heterocycles. The molecule has 0 unspecified atom stereocenters. The van der Waals surface area contributed by atoms with Crippen molar-refractivity contribution >= 4 is 5.69 Å². The zero-order valence-corrected chi connectivity index (χ0v) is 6.72. The number of alkyl halides is 2. The molecule has 0 saturated carbocycles. The number of nitrogens with zero attached hydrogens (tertiary/aromatic N) is 1. The van der Waals surface area contributed by atoms with E-state index in [2.05, 4.69) is 9.72 Å². The number of ether oxygens (including phenoxy) is 1. The molecule has 1 rings (SSSR count). The molecule has 2 N–H and O–H groups in total. The van der Waals surface area contributed by atoms with Crippen LogP contribution in [-0.2, 0) is 0 Å². The van der Waals surface area contributed by atoms with Gasteiger partial charge in [-0.25, -0.2) is 8.78 Å². The topological polar surface area (TPSA) is 48.1 Å². The molecule has 1 aromatic heterocycles. The summed E-state index contributed by atoms with van der Waals surface area (Å²) in [5.41, 5.74) is 3.78. The van der Waals surface area contributed by atoms with Gasteiger partial charge in [0.25, 0.3) is 6.43 Å². The van der Waals surface area contributed by atoms with Crippen molar-refractivity contribution in [2.24, 2.45) is 0 Å². The number of nitrogens with two attached hydrogens (primary N) is 1. The van der Waals surface area contributed by atoms with Crippen LogP contribution in [0.15, 0.2) is 6.07 Å². The van der Waals surface area contributed by atoms with E-state index < -0.39 is 23.6 Å². The fourth-order valence-electron chi connectivity index (χ4n) is 0.804. The molecule has 0 aromatic carbocycles. The smallest absolute Gasteiger partial charge is 0.266 e. The molecule has 0 radical (unpaired) electrons. The molecule has 0 fully saturated rings. The van der Waals surface area contributed by atoms with Crippen molar-refractivity contribution in [3.8, 4) is 5.88 Å². The third kappa shape index (κ3) is 1.82. The lowest BCUT2D eigenvalue weighted by atomic mass is 10.2. The molecule has 3 nitrogen and oxygen atoms in total. The summed E-state index contributed by atoms with van der Waals surface area (Å²) in [7, 11) is 1.20. The average Bonchev–Trinajstić information content (AvgIpc) is 2.09. The van der Waals surface area contributed by atoms with Crippen molar-refractivity contribution in [1.82, 2.24) is 4.98 Å². The van der Waals surface area contributed by atoms with Crippen LogP contribution in [0.2, 0.25) is 0 Å². The van der Waals surface area contributed by atoms with E-state index in [-0.39, 0.29) is 5.88 Å². The second-order valence-electron chi connectivity index (χ2n) is 2.26. The molecule has 0 aliphatic rings. The highest BCUT2D eigenvalue weighted by molar-refractivity contribution is 5.48. The minimum Gasteiger partial charge on any atom is -0.481 e. The van der Waals surface area contributed by atoms with Crippen LogP contribution in [0.1, 0.15) is 12.0 Å². The van der Waals surface area contributed by atoms with Gasteiger partial charge in [0.05, 0.1) is 18.4 Å². The van der Waals surface area contributed by atoms with E-state index in [0.29, 0.717) is 0 Å². The quantitative estimate of drug-likeness (QED) is 0.726. The van der Waals surface area contributed by atoms with Crippen molar-refractivity contribution in [3.63, 3.8) is 0 Å². The number of methoxy groups -OCH3 is 1. The summed E-state index contributed by atoms with van der Waals surface area (Å²) in [5, 5.41) is 0. The van der Waals surface area contributed by atoms with Gasteiger partial charge >= 0.3 is 0 Å². The predicted molar refractivity (Wildman–Crippen MR) is 40.1 cm³/mol. The third-order valence-corrected chi connectivity index (χ3v) is 1.46. The summed E-state index contributed by atoms with van der Waals surface area (Å²) in [6.07, 6.45) is -2.84. The van der Waals surface area contributed by atoms with E-state index in [1.807, 2.05) is 0 Å². The zero-order chi connectivity index (χ0) is 10.0. The Bertz CT molecular complexity index is 317. The normalized spacial score (nSPS) is 10.5. The molecule has 0 atom stereocenters. The van der Waals surface area contributed by atoms with Gasteiger partial charge in [0.2, 0.25) is 11.8 Å². The predicted octanol–water partition coefficient (Wildman–Crippen LogP) is 1.75. The zero-order valence-electron chi connectivity index (χ0n) is 6.72. The summed E-state index contributed by atoms with van der Waals surface area (Å²) in [4.78, 5) is 3.19. The van der Waals surface area contributed by atoms with Gasteiger partial charge in [-0.1, -0.05) is 0 Å². The molecule has 6 heteroatoms. The van der Waals surface area contributed by atoms with Crippen LogP contribution in [-0.4, -0.2) is 12.1 Å². The number of aromatic nitrogens is 1. The Morgan fingerprint density at radius 1 is 1.54 bits per heavy atom. The summed E-state index contributed by atoms with van der Waals surface area (Å²) >= 11 is 0. The number of pyridine rings is 1. The van der Waals surface area contributed by atoms with Crippen molar-refractivity contribution in [1.29, 1.82) is 0 Å². The molecule has 1 aromatic rings. The monoisotopic (exact) mass is 192 g/mol. The van der Waals surface area contributed by atoms with E-state index in [4.69, 9.17) is 5.73 Å². The minimum absolute atomic E-state index is 0.220. The van der Waals surface area contributed by atoms with Crippen LogP contribution in [0.25, 0.3) is 0 Å². The summed E-state index contributed by atoms with van der Waals surface area (Å²) in [5.74, 6) is -1.36. The van der Waals surface area contributed by atoms with E-state index in [1.165, 1.54) is 7.11 Å². The summed E-state index contributed by atoms with van der Waals surface area (Å²) in [6.45, 7) is 0. The number of hydrogen-bond acceptors (Lipinski definition) is 3. The first-order valence-electron chi connectivity index (χ1n) is 3.34. The van der Waals surface area contributed by atoms with Crippen molar-refractivity contribution in [3.05, 3.63) is 17.6 Å². The first kappa shape index (κ1) is 9.63. The number of nitrogen functional groups attached to an aromatic ring is 1. The van der Waals surface area contributed by atoms with Gasteiger partial charge in [0.15, 0.2) is 0 Å². The van der Waals surface area contributed by atoms with Gasteiger partial charge in [-0.2, -0.15) is 9.37 Å². The average molecular weight is 192 g/mol. The Morgan fingerprint density at radius 3 is 2.62 bits per heavy atom. The number of halogens is 3. The first-order chi connectivity index (χ1) is 6.06. The minimum atomic E-state index is -2.84. The highest BCUT2D eigenvalue weighted by atomic mass is 19.3. The van der Waals surface area contributed by atoms with Crippen LogP contribution in [0.5, 0.6) is 5.88 Å². The Kier molecular flexibility index (Phi) is 2.60. The standard InChI is InChI=1S/C7H7F3N2O/c1-13-4-2-3(6(8)9)5(11)7(10)12-4/h2,6H,11H2,1H3. The van der Waals surface area contributed by atoms with Gasteiger partial charge in [-0.3, -0.25) is 0 Å². The van der Waals surface area contributed by atoms with Crippen LogP contribution >= 0.6 is 0 Å². The van der Waals surface area contributed by atoms with E-state index in [9.17, 15) is 13.2 Å². The second kappa shape index (κ2) is 3.51. The van der Waals surface area contributed by atoms with Crippen LogP contribution < -0.4 is 10.5 Å². The molecule has 72 valence electrons. The van der Waals surface area contributed by atoms with Crippen molar-refractivity contribution < 1.29 is 17.9 Å². The molecule has 0 bridgehead atoms. The maximum absolute atomic E-state index is 12.7. The highest BCUT2D eigenvalue weighted by Crippen LogP contribution is 2.28. The highest BCUT2D eigenvalue weighted by Gasteiger charge is 2.17. The molecule has 0 saturated heterocycles. The summed E-state index contributed by atoms with van der Waals surface area (Å²) in [6, 6.07) is 0.906. The Labute approximate surface area is 72.3 Å². The fraction of sp³-hybridized carbons (Fsp3) is 0.286. The third-order valence-electron chi connectivity index (χ3n) is 1.46. The lowest BCUT2D eigenvalue weighted by Crippen LogP contribution is -2.02. The molecule has 13 heavy (non-hydrogen) atoms. The van der Waals surface area contributed by atoms with E-state index in [1.54, 1.807) is 0 Å². The Balaban J connectivity index is 3.25.